The molecule has 2 heterocycles. The van der Waals surface area contributed by atoms with Crippen molar-refractivity contribution < 1.29 is 32.9 Å². The fraction of sp³-hybridized carbons (Fsp3) is 0.0741. The van der Waals surface area contributed by atoms with Crippen molar-refractivity contribution in [1.82, 2.24) is 0 Å². The molecular weight excluding hydrogens is 482 g/mol. The van der Waals surface area contributed by atoms with E-state index in [0.717, 1.165) is 5.56 Å². The van der Waals surface area contributed by atoms with E-state index in [-0.39, 0.29) is 17.3 Å². The third-order valence-electron chi connectivity index (χ3n) is 5.89. The number of esters is 1. The van der Waals surface area contributed by atoms with Gasteiger partial charge < -0.3 is 19.7 Å². The van der Waals surface area contributed by atoms with Gasteiger partial charge in [-0.1, -0.05) is 48.5 Å². The summed E-state index contributed by atoms with van der Waals surface area (Å²) in [5, 5.41) is 24.5. The molecule has 0 bridgehead atoms. The molecule has 4 N–H and O–H groups in total. The van der Waals surface area contributed by atoms with Crippen LogP contribution < -0.4 is 9.88 Å². The lowest BCUT2D eigenvalue weighted by molar-refractivity contribution is 0.0224. The van der Waals surface area contributed by atoms with Gasteiger partial charge in [0.25, 0.3) is 0 Å². The molecule has 2 aliphatic heterocycles. The van der Waals surface area contributed by atoms with Gasteiger partial charge in [0.05, 0.1) is 11.3 Å². The summed E-state index contributed by atoms with van der Waals surface area (Å²) in [4.78, 5) is 12.5. The Kier molecular flexibility index (Phi) is 5.66. The number of phenolic OH excluding ortho intramolecular Hbond substituents is 2. The highest BCUT2D eigenvalue weighted by atomic mass is 32.2. The smallest absolute Gasteiger partial charge is 0.340 e. The number of carbonyl (C=O) groups is 1. The predicted molar refractivity (Wildman–Crippen MR) is 131 cm³/mol. The van der Waals surface area contributed by atoms with Crippen molar-refractivity contribution >= 4 is 16.0 Å². The molecule has 8 nitrogen and oxygen atoms in total. The third kappa shape index (κ3) is 4.15. The molecule has 0 aliphatic carbocycles. The Morgan fingerprint density at radius 1 is 0.750 bits per heavy atom. The molecule has 1 spiro atoms. The van der Waals surface area contributed by atoms with Crippen molar-refractivity contribution in [3.63, 3.8) is 0 Å². The van der Waals surface area contributed by atoms with E-state index in [1.165, 1.54) is 24.3 Å². The number of nitrogens with two attached hydrogens (primary N) is 1. The van der Waals surface area contributed by atoms with E-state index in [1.54, 1.807) is 48.5 Å². The monoisotopic (exact) mass is 503 g/mol. The van der Waals surface area contributed by atoms with Crippen LogP contribution in [-0.4, -0.2) is 24.6 Å². The Morgan fingerprint density at radius 3 is 1.89 bits per heavy atom. The molecule has 182 valence electrons. The van der Waals surface area contributed by atoms with Gasteiger partial charge in [-0.2, -0.15) is 0 Å². The molecule has 0 saturated heterocycles. The number of hydrogen-bond acceptors (Lipinski definition) is 7. The largest absolute Gasteiger partial charge is 0.508 e. The minimum atomic E-state index is -3.38. The first-order valence-electron chi connectivity index (χ1n) is 10.9. The summed E-state index contributed by atoms with van der Waals surface area (Å²) in [6, 6.07) is 25.4. The molecule has 0 saturated carbocycles. The maximum Gasteiger partial charge on any atom is 0.340 e. The Balaban J connectivity index is 0.000000205. The van der Waals surface area contributed by atoms with E-state index in [2.05, 4.69) is 0 Å². The number of fused-ring (bicyclic) bond motifs is 6. The predicted octanol–water partition coefficient (Wildman–Crippen LogP) is 4.14. The fourth-order valence-corrected chi connectivity index (χ4v) is 5.12. The van der Waals surface area contributed by atoms with E-state index in [1.807, 2.05) is 18.2 Å². The van der Waals surface area contributed by atoms with Gasteiger partial charge in [-0.3, -0.25) is 0 Å². The standard InChI is InChI=1S/C20H12O5.C7H9NO2S/c21-11-5-7-15-17(9-11)24-18-10-12(22)6-8-16(18)20(15)14-4-2-1-3-13(14)19(23)25-20;8-11(9,10)6-7-4-2-1-3-5-7/h1-10,21-22H;1-5H,6H2,(H2,8,9,10). The summed E-state index contributed by atoms with van der Waals surface area (Å²) in [5.41, 5.74) is 2.00. The second-order valence-corrected chi connectivity index (χ2v) is 9.99. The van der Waals surface area contributed by atoms with Crippen LogP contribution >= 0.6 is 0 Å². The first-order valence-corrected chi connectivity index (χ1v) is 12.6. The molecule has 36 heavy (non-hydrogen) atoms. The van der Waals surface area contributed by atoms with Crippen LogP contribution in [0.25, 0.3) is 0 Å². The summed E-state index contributed by atoms with van der Waals surface area (Å²) in [7, 11) is -3.38. The SMILES string of the molecule is NS(=O)(=O)Cc1ccccc1.O=C1OC2(c3ccc(O)cc3Oc3cc(O)ccc32)c2ccccc21. The lowest BCUT2D eigenvalue weighted by Gasteiger charge is -2.36. The first kappa shape index (κ1) is 23.4. The number of rotatable bonds is 2. The van der Waals surface area contributed by atoms with E-state index >= 15 is 0 Å². The van der Waals surface area contributed by atoms with Gasteiger partial charge in [-0.15, -0.1) is 0 Å². The molecule has 0 aromatic heterocycles. The van der Waals surface area contributed by atoms with Crippen LogP contribution in [0.3, 0.4) is 0 Å². The van der Waals surface area contributed by atoms with E-state index in [9.17, 15) is 23.4 Å². The van der Waals surface area contributed by atoms with Gasteiger partial charge in [0.15, 0.2) is 5.60 Å². The summed E-state index contributed by atoms with van der Waals surface area (Å²) in [5.74, 6) is 0.319. The molecule has 0 radical (unpaired) electrons. The van der Waals surface area contributed by atoms with Crippen molar-refractivity contribution in [3.8, 4) is 23.0 Å². The molecule has 4 aromatic carbocycles. The van der Waals surface area contributed by atoms with Gasteiger partial charge in [0.2, 0.25) is 10.0 Å². The second kappa shape index (κ2) is 8.71. The van der Waals surface area contributed by atoms with Crippen LogP contribution in [0.4, 0.5) is 0 Å². The van der Waals surface area contributed by atoms with Crippen LogP contribution in [0.5, 0.6) is 23.0 Å². The number of ether oxygens (including phenoxy) is 2. The number of sulfonamides is 1. The van der Waals surface area contributed by atoms with Crippen molar-refractivity contribution in [2.24, 2.45) is 5.14 Å². The molecule has 0 atom stereocenters. The minimum Gasteiger partial charge on any atom is -0.508 e. The molecule has 4 aromatic rings. The number of benzene rings is 4. The fourth-order valence-electron chi connectivity index (χ4n) is 4.46. The summed E-state index contributed by atoms with van der Waals surface area (Å²) >= 11 is 0. The highest BCUT2D eigenvalue weighted by Gasteiger charge is 2.53. The molecule has 6 rings (SSSR count). The molecule has 9 heteroatoms. The zero-order chi connectivity index (χ0) is 25.5. The van der Waals surface area contributed by atoms with Gasteiger partial charge >= 0.3 is 5.97 Å². The quantitative estimate of drug-likeness (QED) is 0.350. The van der Waals surface area contributed by atoms with E-state index in [0.29, 0.717) is 33.8 Å². The average Bonchev–Trinajstić information content (AvgIpc) is 3.12. The molecule has 0 amide bonds. The van der Waals surface area contributed by atoms with Crippen LogP contribution in [0, 0.1) is 0 Å². The Morgan fingerprint density at radius 2 is 1.31 bits per heavy atom. The Labute approximate surface area is 207 Å². The highest BCUT2D eigenvalue weighted by Crippen LogP contribution is 2.56. The third-order valence-corrected chi connectivity index (χ3v) is 6.63. The van der Waals surface area contributed by atoms with Crippen LogP contribution in [0.2, 0.25) is 0 Å². The summed E-state index contributed by atoms with van der Waals surface area (Å²) in [6.07, 6.45) is 0. The number of primary sulfonamides is 1. The lowest BCUT2D eigenvalue weighted by Crippen LogP contribution is -2.32. The maximum absolute atomic E-state index is 12.5. The first-order chi connectivity index (χ1) is 17.2. The van der Waals surface area contributed by atoms with Gasteiger partial charge in [0.1, 0.15) is 23.0 Å². The topological polar surface area (TPSA) is 136 Å². The summed E-state index contributed by atoms with van der Waals surface area (Å²) in [6.45, 7) is 0. The van der Waals surface area contributed by atoms with E-state index < -0.39 is 21.6 Å². The highest BCUT2D eigenvalue weighted by molar-refractivity contribution is 7.88. The lowest BCUT2D eigenvalue weighted by atomic mass is 9.77. The number of aromatic hydroxyl groups is 2. The number of hydrogen-bond donors (Lipinski definition) is 3. The molecule has 0 unspecified atom stereocenters. The normalized spacial score (nSPS) is 14.4. The van der Waals surface area contributed by atoms with Crippen molar-refractivity contribution in [3.05, 3.63) is 119 Å². The van der Waals surface area contributed by atoms with Gasteiger partial charge in [-0.25, -0.2) is 18.4 Å². The summed E-state index contributed by atoms with van der Waals surface area (Å²) < 4.78 is 32.9. The Hall–Kier alpha value is -4.34. The number of carbonyl (C=O) groups excluding carboxylic acids is 1. The van der Waals surface area contributed by atoms with Crippen LogP contribution in [-0.2, 0) is 26.1 Å². The molecule has 2 aliphatic rings. The maximum atomic E-state index is 12.5. The Bertz CT molecular complexity index is 1530. The van der Waals surface area contributed by atoms with Crippen molar-refractivity contribution in [1.29, 1.82) is 0 Å². The minimum absolute atomic E-state index is 0.0371. The van der Waals surface area contributed by atoms with Crippen LogP contribution in [0.1, 0.15) is 32.6 Å². The zero-order valence-electron chi connectivity index (χ0n) is 18.8. The zero-order valence-corrected chi connectivity index (χ0v) is 19.6. The van der Waals surface area contributed by atoms with Gasteiger partial charge in [-0.05, 0) is 35.9 Å². The van der Waals surface area contributed by atoms with Crippen molar-refractivity contribution in [2.45, 2.75) is 11.4 Å². The van der Waals surface area contributed by atoms with Gasteiger partial charge in [0, 0.05) is 28.8 Å². The van der Waals surface area contributed by atoms with E-state index in [4.69, 9.17) is 14.6 Å². The molecular formula is C27H21NO7S. The number of phenols is 2. The average molecular weight is 504 g/mol. The van der Waals surface area contributed by atoms with Crippen molar-refractivity contribution in [2.75, 3.05) is 0 Å². The second-order valence-electron chi connectivity index (χ2n) is 8.37. The molecule has 0 fully saturated rings. The van der Waals surface area contributed by atoms with Crippen LogP contribution in [0.15, 0.2) is 91.0 Å².